The molecule has 0 radical (unpaired) electrons. The Morgan fingerprint density at radius 2 is 2.35 bits per heavy atom. The van der Waals surface area contributed by atoms with Crippen LogP contribution in [0.2, 0.25) is 0 Å². The van der Waals surface area contributed by atoms with E-state index >= 15 is 0 Å². The second kappa shape index (κ2) is 5.44. The number of hydrogen-bond donors (Lipinski definition) is 2. The fourth-order valence-corrected chi connectivity index (χ4v) is 2.98. The number of aryl methyl sites for hydroxylation is 1. The number of hydrogen-bond acceptors (Lipinski definition) is 4. The van der Waals surface area contributed by atoms with Gasteiger partial charge in [-0.05, 0) is 31.3 Å². The van der Waals surface area contributed by atoms with E-state index in [4.69, 9.17) is 5.73 Å². The fourth-order valence-electron chi connectivity index (χ4n) is 1.87. The normalized spacial score (nSPS) is 17.0. The molecule has 2 rings (SSSR count). The summed E-state index contributed by atoms with van der Waals surface area (Å²) in [6, 6.07) is 0.273. The van der Waals surface area contributed by atoms with Gasteiger partial charge in [0.25, 0.3) is 5.91 Å². The Labute approximate surface area is 105 Å². The number of nitrogens with two attached hydrogens (primary N) is 1. The van der Waals surface area contributed by atoms with Crippen LogP contribution in [0.15, 0.2) is 6.20 Å². The van der Waals surface area contributed by atoms with Gasteiger partial charge in [0.15, 0.2) is 5.69 Å². The molecule has 1 aromatic heterocycles. The molecule has 1 aliphatic heterocycles. The van der Waals surface area contributed by atoms with E-state index in [2.05, 4.69) is 10.4 Å². The molecule has 1 fully saturated rings. The van der Waals surface area contributed by atoms with Crippen LogP contribution >= 0.6 is 11.8 Å². The zero-order valence-corrected chi connectivity index (χ0v) is 10.8. The summed E-state index contributed by atoms with van der Waals surface area (Å²) < 4.78 is 1.68. The minimum atomic E-state index is -0.147. The monoisotopic (exact) mass is 254 g/mol. The summed E-state index contributed by atoms with van der Waals surface area (Å²) in [6.07, 6.45) is 3.77. The molecule has 0 saturated carbocycles. The van der Waals surface area contributed by atoms with Gasteiger partial charge in [-0.15, -0.1) is 0 Å². The first kappa shape index (κ1) is 12.3. The first-order chi connectivity index (χ1) is 8.20. The lowest BCUT2D eigenvalue weighted by Crippen LogP contribution is -2.37. The van der Waals surface area contributed by atoms with E-state index in [0.29, 0.717) is 11.4 Å². The zero-order chi connectivity index (χ0) is 12.3. The number of nitrogens with one attached hydrogen (secondary N) is 1. The number of carbonyl (C=O) groups is 1. The summed E-state index contributed by atoms with van der Waals surface area (Å²) in [5, 5.41) is 7.17. The number of thioether (sulfide) groups is 1. The number of anilines is 1. The Hall–Kier alpha value is -1.17. The molecule has 0 spiro atoms. The van der Waals surface area contributed by atoms with Gasteiger partial charge < -0.3 is 11.1 Å². The topological polar surface area (TPSA) is 72.9 Å². The third kappa shape index (κ3) is 2.94. The molecule has 0 bridgehead atoms. The standard InChI is InChI=1S/C11H18N4OS/c1-2-15-7-9(12)10(14-15)11(16)13-8-3-5-17-6-4-8/h7-8H,2-6,12H2,1H3,(H,13,16). The van der Waals surface area contributed by atoms with Gasteiger partial charge in [-0.25, -0.2) is 0 Å². The van der Waals surface area contributed by atoms with Crippen LogP contribution in [-0.2, 0) is 6.54 Å². The predicted molar refractivity (Wildman–Crippen MR) is 70.1 cm³/mol. The molecule has 2 heterocycles. The highest BCUT2D eigenvalue weighted by molar-refractivity contribution is 7.99. The summed E-state index contributed by atoms with van der Waals surface area (Å²) in [5.41, 5.74) is 6.58. The molecule has 0 unspecified atom stereocenters. The van der Waals surface area contributed by atoms with Gasteiger partial charge in [0, 0.05) is 18.8 Å². The van der Waals surface area contributed by atoms with Crippen LogP contribution < -0.4 is 11.1 Å². The summed E-state index contributed by atoms with van der Waals surface area (Å²) in [5.74, 6) is 2.08. The van der Waals surface area contributed by atoms with Gasteiger partial charge in [-0.1, -0.05) is 0 Å². The number of aromatic nitrogens is 2. The first-order valence-corrected chi connectivity index (χ1v) is 7.07. The molecule has 3 N–H and O–H groups in total. The Kier molecular flexibility index (Phi) is 3.93. The van der Waals surface area contributed by atoms with Crippen molar-refractivity contribution >= 4 is 23.4 Å². The number of amides is 1. The number of rotatable bonds is 3. The molecule has 5 nitrogen and oxygen atoms in total. The van der Waals surface area contributed by atoms with Crippen LogP contribution in [0.1, 0.15) is 30.3 Å². The molecule has 1 aliphatic rings. The smallest absolute Gasteiger partial charge is 0.274 e. The van der Waals surface area contributed by atoms with E-state index in [-0.39, 0.29) is 11.9 Å². The van der Waals surface area contributed by atoms with Crippen molar-refractivity contribution in [3.63, 3.8) is 0 Å². The summed E-state index contributed by atoms with van der Waals surface area (Å²) in [4.78, 5) is 12.0. The van der Waals surface area contributed by atoms with E-state index in [1.54, 1.807) is 10.9 Å². The van der Waals surface area contributed by atoms with Crippen LogP contribution in [0.3, 0.4) is 0 Å². The summed E-state index contributed by atoms with van der Waals surface area (Å²) in [7, 11) is 0. The molecule has 0 aromatic carbocycles. The third-order valence-electron chi connectivity index (χ3n) is 2.89. The van der Waals surface area contributed by atoms with Crippen LogP contribution in [0.4, 0.5) is 5.69 Å². The largest absolute Gasteiger partial charge is 0.396 e. The molecule has 1 aromatic rings. The SMILES string of the molecule is CCn1cc(N)c(C(=O)NC2CCSCC2)n1. The Morgan fingerprint density at radius 3 is 2.94 bits per heavy atom. The zero-order valence-electron chi connectivity index (χ0n) is 9.98. The van der Waals surface area contributed by atoms with E-state index in [0.717, 1.165) is 30.9 Å². The van der Waals surface area contributed by atoms with Gasteiger partial charge in [0.05, 0.1) is 5.69 Å². The minimum absolute atomic E-state index is 0.147. The molecular formula is C11H18N4OS. The van der Waals surface area contributed by atoms with Crippen molar-refractivity contribution < 1.29 is 4.79 Å². The third-order valence-corrected chi connectivity index (χ3v) is 3.93. The molecule has 94 valence electrons. The molecule has 0 aliphatic carbocycles. The van der Waals surface area contributed by atoms with E-state index < -0.39 is 0 Å². The highest BCUT2D eigenvalue weighted by Crippen LogP contribution is 2.18. The quantitative estimate of drug-likeness (QED) is 0.847. The molecule has 6 heteroatoms. The lowest BCUT2D eigenvalue weighted by atomic mass is 10.1. The lowest BCUT2D eigenvalue weighted by Gasteiger charge is -2.22. The molecule has 0 atom stereocenters. The maximum atomic E-state index is 12.0. The van der Waals surface area contributed by atoms with Crippen LogP contribution in [0.5, 0.6) is 0 Å². The first-order valence-electron chi connectivity index (χ1n) is 5.92. The predicted octanol–water partition coefficient (Wildman–Crippen LogP) is 1.11. The van der Waals surface area contributed by atoms with Gasteiger partial charge >= 0.3 is 0 Å². The number of carbonyl (C=O) groups excluding carboxylic acids is 1. The van der Waals surface area contributed by atoms with E-state index in [1.165, 1.54) is 0 Å². The Balaban J connectivity index is 2.00. The maximum Gasteiger partial charge on any atom is 0.274 e. The van der Waals surface area contributed by atoms with Crippen molar-refractivity contribution in [2.45, 2.75) is 32.4 Å². The van der Waals surface area contributed by atoms with Gasteiger partial charge in [0.1, 0.15) is 0 Å². The van der Waals surface area contributed by atoms with E-state index in [1.807, 2.05) is 18.7 Å². The van der Waals surface area contributed by atoms with Crippen molar-refractivity contribution in [3.8, 4) is 0 Å². The second-order valence-electron chi connectivity index (χ2n) is 4.15. The second-order valence-corrected chi connectivity index (χ2v) is 5.37. The number of nitrogen functional groups attached to an aromatic ring is 1. The van der Waals surface area contributed by atoms with Gasteiger partial charge in [-0.2, -0.15) is 16.9 Å². The Morgan fingerprint density at radius 1 is 1.65 bits per heavy atom. The maximum absolute atomic E-state index is 12.0. The Bertz CT molecular complexity index is 398. The van der Waals surface area contributed by atoms with Gasteiger partial charge in [-0.3, -0.25) is 9.48 Å². The highest BCUT2D eigenvalue weighted by Gasteiger charge is 2.20. The molecule has 17 heavy (non-hydrogen) atoms. The molecule has 1 saturated heterocycles. The van der Waals surface area contributed by atoms with Gasteiger partial charge in [0.2, 0.25) is 0 Å². The molecule has 1 amide bonds. The van der Waals surface area contributed by atoms with Crippen LogP contribution in [0, 0.1) is 0 Å². The number of nitrogens with zero attached hydrogens (tertiary/aromatic N) is 2. The van der Waals surface area contributed by atoms with E-state index in [9.17, 15) is 4.79 Å². The van der Waals surface area contributed by atoms with Crippen molar-refractivity contribution in [3.05, 3.63) is 11.9 Å². The average molecular weight is 254 g/mol. The summed E-state index contributed by atoms with van der Waals surface area (Å²) in [6.45, 7) is 2.68. The lowest BCUT2D eigenvalue weighted by molar-refractivity contribution is 0.0930. The van der Waals surface area contributed by atoms with Crippen molar-refractivity contribution in [2.24, 2.45) is 0 Å². The highest BCUT2D eigenvalue weighted by atomic mass is 32.2. The minimum Gasteiger partial charge on any atom is -0.396 e. The van der Waals surface area contributed by atoms with Crippen molar-refractivity contribution in [1.29, 1.82) is 0 Å². The van der Waals surface area contributed by atoms with Crippen LogP contribution in [0.25, 0.3) is 0 Å². The van der Waals surface area contributed by atoms with Crippen LogP contribution in [-0.4, -0.2) is 33.2 Å². The fraction of sp³-hybridized carbons (Fsp3) is 0.636. The summed E-state index contributed by atoms with van der Waals surface area (Å²) >= 11 is 1.94. The average Bonchev–Trinajstić information content (AvgIpc) is 2.72. The molecular weight excluding hydrogens is 236 g/mol. The van der Waals surface area contributed by atoms with Crippen molar-refractivity contribution in [2.75, 3.05) is 17.2 Å². The van der Waals surface area contributed by atoms with Crippen molar-refractivity contribution in [1.82, 2.24) is 15.1 Å².